The normalized spacial score (nSPS) is 26.9. The van der Waals surface area contributed by atoms with E-state index < -0.39 is 0 Å². The maximum Gasteiger partial charge on any atom is 0.229 e. The third kappa shape index (κ3) is 3.50. The molecule has 1 N–H and O–H groups in total. The summed E-state index contributed by atoms with van der Waals surface area (Å²) in [5, 5.41) is 3.38. The van der Waals surface area contributed by atoms with Crippen molar-refractivity contribution in [3.8, 4) is 0 Å². The molecule has 0 spiro atoms. The van der Waals surface area contributed by atoms with Crippen LogP contribution in [0.2, 0.25) is 0 Å². The van der Waals surface area contributed by atoms with Gasteiger partial charge in [0.15, 0.2) is 0 Å². The van der Waals surface area contributed by atoms with E-state index in [9.17, 15) is 4.79 Å². The number of piperidine rings is 1. The van der Waals surface area contributed by atoms with Crippen molar-refractivity contribution in [1.29, 1.82) is 0 Å². The van der Waals surface area contributed by atoms with Crippen LogP contribution in [-0.2, 0) is 11.3 Å². The average Bonchev–Trinajstić information content (AvgIpc) is 2.56. The van der Waals surface area contributed by atoms with E-state index in [0.29, 0.717) is 5.91 Å². The third-order valence-corrected chi connectivity index (χ3v) is 5.02. The Bertz CT molecular complexity index is 488. The van der Waals surface area contributed by atoms with E-state index in [4.69, 9.17) is 0 Å². The average molecular weight is 301 g/mol. The van der Waals surface area contributed by atoms with Gasteiger partial charge in [-0.2, -0.15) is 0 Å². The maximum atomic E-state index is 12.8. The number of rotatable bonds is 3. The molecular weight excluding hydrogens is 274 g/mol. The van der Waals surface area contributed by atoms with E-state index in [1.54, 1.807) is 0 Å². The number of hydrogen-bond donors (Lipinski definition) is 1. The molecule has 2 aliphatic rings. The van der Waals surface area contributed by atoms with Crippen molar-refractivity contribution in [1.82, 2.24) is 15.1 Å². The molecule has 2 aliphatic heterocycles. The molecule has 120 valence electrons. The fourth-order valence-corrected chi connectivity index (χ4v) is 3.57. The molecule has 0 aromatic heterocycles. The number of nitrogens with zero attached hydrogens (tertiary/aromatic N) is 2. The van der Waals surface area contributed by atoms with Gasteiger partial charge >= 0.3 is 0 Å². The van der Waals surface area contributed by atoms with Crippen LogP contribution < -0.4 is 5.32 Å². The molecule has 1 amide bonds. The van der Waals surface area contributed by atoms with Crippen molar-refractivity contribution in [3.63, 3.8) is 0 Å². The predicted molar refractivity (Wildman–Crippen MR) is 88.5 cm³/mol. The molecule has 2 saturated heterocycles. The zero-order chi connectivity index (χ0) is 15.4. The summed E-state index contributed by atoms with van der Waals surface area (Å²) >= 11 is 0. The van der Waals surface area contributed by atoms with Crippen LogP contribution in [-0.4, -0.2) is 55.0 Å². The summed E-state index contributed by atoms with van der Waals surface area (Å²) in [4.78, 5) is 17.3. The highest BCUT2D eigenvalue weighted by Crippen LogP contribution is 2.28. The van der Waals surface area contributed by atoms with Gasteiger partial charge in [0.1, 0.15) is 0 Å². The van der Waals surface area contributed by atoms with Crippen LogP contribution in [0.5, 0.6) is 0 Å². The summed E-state index contributed by atoms with van der Waals surface area (Å²) in [7, 11) is 0. The number of carbonyl (C=O) groups is 1. The largest absolute Gasteiger partial charge is 0.340 e. The van der Waals surface area contributed by atoms with Gasteiger partial charge in [-0.25, -0.2) is 0 Å². The number of nitrogens with one attached hydrogen (secondary N) is 1. The summed E-state index contributed by atoms with van der Waals surface area (Å²) in [6, 6.07) is 10.6. The highest BCUT2D eigenvalue weighted by Gasteiger charge is 2.38. The van der Waals surface area contributed by atoms with Crippen LogP contribution in [0.4, 0.5) is 0 Å². The molecule has 4 heteroatoms. The Kier molecular flexibility index (Phi) is 4.79. The summed E-state index contributed by atoms with van der Waals surface area (Å²) in [5.41, 5.74) is 1.16. The van der Waals surface area contributed by atoms with Crippen LogP contribution in [0.15, 0.2) is 30.3 Å². The standard InChI is InChI=1S/C18H27N3O/c1-18(8-5-9-19-15-18)17(22)21-12-10-20(11-13-21)14-16-6-3-2-4-7-16/h2-4,6-7,19H,5,8-15H2,1H3. The van der Waals surface area contributed by atoms with Crippen molar-refractivity contribution in [2.45, 2.75) is 26.3 Å². The van der Waals surface area contributed by atoms with Gasteiger partial charge in [-0.1, -0.05) is 30.3 Å². The highest BCUT2D eigenvalue weighted by molar-refractivity contribution is 5.82. The first-order chi connectivity index (χ1) is 10.7. The van der Waals surface area contributed by atoms with Crippen molar-refractivity contribution >= 4 is 5.91 Å². The third-order valence-electron chi connectivity index (χ3n) is 5.02. The van der Waals surface area contributed by atoms with Crippen LogP contribution in [0, 0.1) is 5.41 Å². The number of piperazine rings is 1. The molecule has 4 nitrogen and oxygen atoms in total. The molecule has 0 bridgehead atoms. The minimum Gasteiger partial charge on any atom is -0.340 e. The summed E-state index contributed by atoms with van der Waals surface area (Å²) in [6.45, 7) is 8.67. The Balaban J connectivity index is 1.52. The minimum atomic E-state index is -0.195. The zero-order valence-corrected chi connectivity index (χ0v) is 13.6. The van der Waals surface area contributed by atoms with Gasteiger partial charge in [0.2, 0.25) is 5.91 Å². The Morgan fingerprint density at radius 3 is 2.55 bits per heavy atom. The lowest BCUT2D eigenvalue weighted by molar-refractivity contribution is -0.144. The summed E-state index contributed by atoms with van der Waals surface area (Å²) in [6.07, 6.45) is 2.12. The molecule has 0 radical (unpaired) electrons. The molecule has 0 aliphatic carbocycles. The molecule has 1 aromatic carbocycles. The van der Waals surface area contributed by atoms with Gasteiger partial charge in [-0.15, -0.1) is 0 Å². The molecule has 2 heterocycles. The number of amides is 1. The Morgan fingerprint density at radius 2 is 1.91 bits per heavy atom. The van der Waals surface area contributed by atoms with Crippen LogP contribution in [0.3, 0.4) is 0 Å². The van der Waals surface area contributed by atoms with Gasteiger partial charge < -0.3 is 10.2 Å². The lowest BCUT2D eigenvalue weighted by atomic mass is 9.81. The zero-order valence-electron chi connectivity index (χ0n) is 13.6. The van der Waals surface area contributed by atoms with E-state index in [1.807, 2.05) is 0 Å². The number of carbonyl (C=O) groups excluding carboxylic acids is 1. The minimum absolute atomic E-state index is 0.195. The van der Waals surface area contributed by atoms with E-state index in [2.05, 4.69) is 52.4 Å². The van der Waals surface area contributed by atoms with Crippen molar-refractivity contribution in [3.05, 3.63) is 35.9 Å². The van der Waals surface area contributed by atoms with Crippen LogP contribution in [0.25, 0.3) is 0 Å². The smallest absolute Gasteiger partial charge is 0.229 e. The van der Waals surface area contributed by atoms with Crippen LogP contribution >= 0.6 is 0 Å². The first-order valence-corrected chi connectivity index (χ1v) is 8.44. The second kappa shape index (κ2) is 6.80. The van der Waals surface area contributed by atoms with E-state index in [1.165, 1.54) is 5.56 Å². The molecule has 1 aromatic rings. The van der Waals surface area contributed by atoms with Gasteiger partial charge in [0, 0.05) is 39.3 Å². The fourth-order valence-electron chi connectivity index (χ4n) is 3.57. The monoisotopic (exact) mass is 301 g/mol. The van der Waals surface area contributed by atoms with Gasteiger partial charge in [0.05, 0.1) is 5.41 Å². The lowest BCUT2D eigenvalue weighted by Gasteiger charge is -2.41. The Labute approximate surface area is 133 Å². The van der Waals surface area contributed by atoms with Crippen molar-refractivity contribution in [2.24, 2.45) is 5.41 Å². The summed E-state index contributed by atoms with van der Waals surface area (Å²) < 4.78 is 0. The number of benzene rings is 1. The fraction of sp³-hybridized carbons (Fsp3) is 0.611. The van der Waals surface area contributed by atoms with Gasteiger partial charge in [-0.3, -0.25) is 9.69 Å². The van der Waals surface area contributed by atoms with E-state index in [-0.39, 0.29) is 5.41 Å². The van der Waals surface area contributed by atoms with E-state index >= 15 is 0 Å². The molecular formula is C18H27N3O. The topological polar surface area (TPSA) is 35.6 Å². The number of hydrogen-bond acceptors (Lipinski definition) is 3. The second-order valence-corrected chi connectivity index (χ2v) is 6.89. The quantitative estimate of drug-likeness (QED) is 0.923. The maximum absolute atomic E-state index is 12.8. The SMILES string of the molecule is CC1(C(=O)N2CCN(Cc3ccccc3)CC2)CCCNC1. The van der Waals surface area contributed by atoms with Gasteiger partial charge in [-0.05, 0) is 31.9 Å². The Morgan fingerprint density at radius 1 is 1.18 bits per heavy atom. The first-order valence-electron chi connectivity index (χ1n) is 8.44. The predicted octanol–water partition coefficient (Wildman–Crippen LogP) is 1.72. The van der Waals surface area contributed by atoms with Crippen LogP contribution in [0.1, 0.15) is 25.3 Å². The second-order valence-electron chi connectivity index (χ2n) is 6.89. The molecule has 22 heavy (non-hydrogen) atoms. The molecule has 1 unspecified atom stereocenters. The lowest BCUT2D eigenvalue weighted by Crippen LogP contribution is -2.55. The van der Waals surface area contributed by atoms with Gasteiger partial charge in [0.25, 0.3) is 0 Å². The highest BCUT2D eigenvalue weighted by atomic mass is 16.2. The molecule has 1 atom stereocenters. The molecule has 2 fully saturated rings. The van der Waals surface area contributed by atoms with E-state index in [0.717, 1.165) is 58.7 Å². The molecule has 3 rings (SSSR count). The molecule has 0 saturated carbocycles. The summed E-state index contributed by atoms with van der Waals surface area (Å²) in [5.74, 6) is 0.346. The van der Waals surface area contributed by atoms with Crippen molar-refractivity contribution < 1.29 is 4.79 Å². The Hall–Kier alpha value is -1.39. The van der Waals surface area contributed by atoms with Crippen molar-refractivity contribution in [2.75, 3.05) is 39.3 Å². The first kappa shape index (κ1) is 15.5.